The summed E-state index contributed by atoms with van der Waals surface area (Å²) in [7, 11) is 0. The third kappa shape index (κ3) is 3.24. The van der Waals surface area contributed by atoms with Crippen molar-refractivity contribution in [3.63, 3.8) is 0 Å². The first-order valence-corrected chi connectivity index (χ1v) is 9.07. The molecule has 0 saturated carbocycles. The number of nitrogens with one attached hydrogen (secondary N) is 1. The fourth-order valence-electron chi connectivity index (χ4n) is 3.52. The van der Waals surface area contributed by atoms with Crippen LogP contribution in [0.1, 0.15) is 0 Å². The monoisotopic (exact) mass is 380 g/mol. The standard InChI is InChI=1S/C20H20N4O4/c25-17-8-4-3-7-16(17)22-9-11-23(12-10-22)18(26)13-24-20(28)15-6-2-1-5-14(15)19(27)21-24/h1-8,25H,9-13H2,(H,21,27). The Balaban J connectivity index is 1.48. The number of carbonyl (C=O) groups is 1. The molecule has 0 radical (unpaired) electrons. The van der Waals surface area contributed by atoms with E-state index < -0.39 is 11.1 Å². The van der Waals surface area contributed by atoms with Crippen LogP contribution in [0.4, 0.5) is 5.69 Å². The Labute approximate surface area is 160 Å². The maximum Gasteiger partial charge on any atom is 0.273 e. The molecule has 0 unspecified atom stereocenters. The van der Waals surface area contributed by atoms with E-state index in [9.17, 15) is 19.5 Å². The first-order chi connectivity index (χ1) is 13.5. The van der Waals surface area contributed by atoms with Crippen LogP contribution in [-0.2, 0) is 11.3 Å². The molecule has 2 N–H and O–H groups in total. The summed E-state index contributed by atoms with van der Waals surface area (Å²) in [5, 5.41) is 13.1. The number of aromatic amines is 1. The number of H-pyrrole nitrogens is 1. The minimum atomic E-state index is -0.396. The van der Waals surface area contributed by atoms with Crippen LogP contribution >= 0.6 is 0 Å². The Bertz CT molecular complexity index is 1140. The molecule has 2 aromatic carbocycles. The van der Waals surface area contributed by atoms with Gasteiger partial charge in [-0.15, -0.1) is 0 Å². The van der Waals surface area contributed by atoms with E-state index in [2.05, 4.69) is 5.10 Å². The zero-order valence-electron chi connectivity index (χ0n) is 15.2. The molecule has 28 heavy (non-hydrogen) atoms. The zero-order chi connectivity index (χ0) is 19.7. The molecule has 2 heterocycles. The van der Waals surface area contributed by atoms with E-state index in [0.29, 0.717) is 37.0 Å². The Morgan fingerprint density at radius 2 is 1.57 bits per heavy atom. The highest BCUT2D eigenvalue weighted by Crippen LogP contribution is 2.27. The molecule has 1 aromatic heterocycles. The number of hydrogen-bond donors (Lipinski definition) is 2. The van der Waals surface area contributed by atoms with Crippen molar-refractivity contribution < 1.29 is 9.90 Å². The van der Waals surface area contributed by atoms with Crippen LogP contribution in [0, 0.1) is 0 Å². The number of hydrogen-bond acceptors (Lipinski definition) is 5. The molecule has 1 saturated heterocycles. The van der Waals surface area contributed by atoms with Gasteiger partial charge in [0, 0.05) is 26.2 Å². The molecule has 0 atom stereocenters. The van der Waals surface area contributed by atoms with E-state index in [4.69, 9.17) is 0 Å². The minimum Gasteiger partial charge on any atom is -0.506 e. The highest BCUT2D eigenvalue weighted by atomic mass is 16.3. The summed E-state index contributed by atoms with van der Waals surface area (Å²) in [5.41, 5.74) is -0.0477. The van der Waals surface area contributed by atoms with Crippen LogP contribution in [0.5, 0.6) is 5.75 Å². The van der Waals surface area contributed by atoms with Crippen LogP contribution in [-0.4, -0.2) is 51.9 Å². The van der Waals surface area contributed by atoms with E-state index in [1.807, 2.05) is 17.0 Å². The maximum atomic E-state index is 12.7. The smallest absolute Gasteiger partial charge is 0.273 e. The largest absolute Gasteiger partial charge is 0.506 e. The molecule has 3 aromatic rings. The number of nitrogens with zero attached hydrogens (tertiary/aromatic N) is 3. The molecular weight excluding hydrogens is 360 g/mol. The number of phenolic OH excluding ortho intramolecular Hbond substituents is 1. The van der Waals surface area contributed by atoms with Gasteiger partial charge >= 0.3 is 0 Å². The van der Waals surface area contributed by atoms with Gasteiger partial charge in [0.25, 0.3) is 11.1 Å². The molecule has 0 bridgehead atoms. The van der Waals surface area contributed by atoms with E-state index in [1.54, 1.807) is 41.3 Å². The quantitative estimate of drug-likeness (QED) is 0.699. The van der Waals surface area contributed by atoms with Crippen LogP contribution in [0.3, 0.4) is 0 Å². The lowest BCUT2D eigenvalue weighted by Gasteiger charge is -2.36. The van der Waals surface area contributed by atoms with Gasteiger partial charge in [0.1, 0.15) is 12.3 Å². The number of aromatic nitrogens is 2. The van der Waals surface area contributed by atoms with Crippen molar-refractivity contribution in [3.8, 4) is 5.75 Å². The Kier molecular flexibility index (Phi) is 4.60. The predicted molar refractivity (Wildman–Crippen MR) is 106 cm³/mol. The normalized spacial score (nSPS) is 14.4. The van der Waals surface area contributed by atoms with Gasteiger partial charge in [-0.3, -0.25) is 19.5 Å². The van der Waals surface area contributed by atoms with Crippen molar-refractivity contribution in [1.29, 1.82) is 0 Å². The third-order valence-electron chi connectivity index (χ3n) is 5.03. The second-order valence-electron chi connectivity index (χ2n) is 6.73. The predicted octanol–water partition coefficient (Wildman–Crippen LogP) is 0.744. The fraction of sp³-hybridized carbons (Fsp3) is 0.250. The summed E-state index contributed by atoms with van der Waals surface area (Å²) in [4.78, 5) is 41.1. The van der Waals surface area contributed by atoms with Gasteiger partial charge in [-0.2, -0.15) is 0 Å². The van der Waals surface area contributed by atoms with Gasteiger partial charge < -0.3 is 14.9 Å². The number of rotatable bonds is 3. The van der Waals surface area contributed by atoms with Crippen molar-refractivity contribution in [2.75, 3.05) is 31.1 Å². The number of fused-ring (bicyclic) bond motifs is 1. The summed E-state index contributed by atoms with van der Waals surface area (Å²) in [6.07, 6.45) is 0. The summed E-state index contributed by atoms with van der Waals surface area (Å²) < 4.78 is 1.07. The minimum absolute atomic E-state index is 0.211. The second-order valence-corrected chi connectivity index (χ2v) is 6.73. The molecule has 1 aliphatic heterocycles. The SMILES string of the molecule is O=C(Cn1[nH]c(=O)c2ccccc2c1=O)N1CCN(c2ccccc2O)CC1. The van der Waals surface area contributed by atoms with Crippen LogP contribution in [0.15, 0.2) is 58.1 Å². The van der Waals surface area contributed by atoms with Gasteiger partial charge in [-0.05, 0) is 24.3 Å². The van der Waals surface area contributed by atoms with Gasteiger partial charge in [-0.1, -0.05) is 24.3 Å². The van der Waals surface area contributed by atoms with Crippen molar-refractivity contribution in [2.24, 2.45) is 0 Å². The molecule has 1 fully saturated rings. The van der Waals surface area contributed by atoms with E-state index >= 15 is 0 Å². The molecule has 0 spiro atoms. The number of piperazine rings is 1. The number of para-hydroxylation sites is 2. The summed E-state index contributed by atoms with van der Waals surface area (Å²) in [5.74, 6) is -0.0208. The van der Waals surface area contributed by atoms with Crippen LogP contribution in [0.25, 0.3) is 10.8 Å². The Morgan fingerprint density at radius 3 is 2.29 bits per heavy atom. The van der Waals surface area contributed by atoms with Gasteiger partial charge in [0.15, 0.2) is 0 Å². The topological polar surface area (TPSA) is 98.6 Å². The molecule has 144 valence electrons. The van der Waals surface area contributed by atoms with Gasteiger partial charge in [-0.25, -0.2) is 4.68 Å². The van der Waals surface area contributed by atoms with Crippen molar-refractivity contribution in [1.82, 2.24) is 14.7 Å². The van der Waals surface area contributed by atoms with Gasteiger partial charge in [0.05, 0.1) is 16.5 Å². The summed E-state index contributed by atoms with van der Waals surface area (Å²) >= 11 is 0. The summed E-state index contributed by atoms with van der Waals surface area (Å²) in [6.45, 7) is 1.88. The second kappa shape index (κ2) is 7.22. The number of amides is 1. The number of carbonyl (C=O) groups excluding carboxylic acids is 1. The zero-order valence-corrected chi connectivity index (χ0v) is 15.2. The van der Waals surface area contributed by atoms with Gasteiger partial charge in [0.2, 0.25) is 5.91 Å². The lowest BCUT2D eigenvalue weighted by molar-refractivity contribution is -0.132. The first kappa shape index (κ1) is 17.8. The number of aromatic hydroxyl groups is 1. The average Bonchev–Trinajstić information content (AvgIpc) is 2.72. The third-order valence-corrected chi connectivity index (χ3v) is 5.03. The molecule has 1 amide bonds. The Morgan fingerprint density at radius 1 is 0.929 bits per heavy atom. The molecule has 8 heteroatoms. The summed E-state index contributed by atoms with van der Waals surface area (Å²) in [6, 6.07) is 13.6. The first-order valence-electron chi connectivity index (χ1n) is 9.07. The number of phenols is 1. The van der Waals surface area contributed by atoms with Crippen molar-refractivity contribution >= 4 is 22.4 Å². The molecule has 8 nitrogen and oxygen atoms in total. The highest BCUT2D eigenvalue weighted by molar-refractivity contribution is 5.81. The van der Waals surface area contributed by atoms with Crippen molar-refractivity contribution in [2.45, 2.75) is 6.54 Å². The molecule has 1 aliphatic rings. The van der Waals surface area contributed by atoms with E-state index in [0.717, 1.165) is 10.4 Å². The molecule has 4 rings (SSSR count). The number of anilines is 1. The maximum absolute atomic E-state index is 12.7. The molecule has 0 aliphatic carbocycles. The number of benzene rings is 2. The van der Waals surface area contributed by atoms with E-state index in [1.165, 1.54) is 0 Å². The van der Waals surface area contributed by atoms with E-state index in [-0.39, 0.29) is 18.2 Å². The van der Waals surface area contributed by atoms with Crippen LogP contribution in [0.2, 0.25) is 0 Å². The highest BCUT2D eigenvalue weighted by Gasteiger charge is 2.23. The Hall–Kier alpha value is -3.55. The fourth-order valence-corrected chi connectivity index (χ4v) is 3.52. The molecular formula is C20H20N4O4. The lowest BCUT2D eigenvalue weighted by atomic mass is 10.2. The van der Waals surface area contributed by atoms with Crippen LogP contribution < -0.4 is 16.0 Å². The average molecular weight is 380 g/mol. The lowest BCUT2D eigenvalue weighted by Crippen LogP contribution is -2.50. The van der Waals surface area contributed by atoms with Crippen molar-refractivity contribution in [3.05, 3.63) is 69.2 Å².